The van der Waals surface area contributed by atoms with Crippen LogP contribution in [0.15, 0.2) is 30.3 Å². The molecule has 1 aromatic carbocycles. The Kier molecular flexibility index (Phi) is 8.56. The molecule has 0 aromatic heterocycles. The Hall–Kier alpha value is -0.860. The molecule has 0 heterocycles. The third-order valence-electron chi connectivity index (χ3n) is 4.07. The van der Waals surface area contributed by atoms with Gasteiger partial charge in [0, 0.05) is 12.1 Å². The van der Waals surface area contributed by atoms with Gasteiger partial charge in [0.2, 0.25) is 0 Å². The van der Waals surface area contributed by atoms with E-state index in [1.54, 1.807) is 0 Å². The van der Waals surface area contributed by atoms with E-state index in [-0.39, 0.29) is 0 Å². The fraction of sp³-hybridized carbons (Fsp3) is 0.667. The number of rotatable bonds is 10. The average Bonchev–Trinajstić information content (AvgIpc) is 2.48. The summed E-state index contributed by atoms with van der Waals surface area (Å²) in [5.74, 6) is 0. The molecule has 0 amide bonds. The molecular weight excluding hydrogens is 244 g/mol. The van der Waals surface area contributed by atoms with Gasteiger partial charge in [0.25, 0.3) is 0 Å². The lowest BCUT2D eigenvalue weighted by Gasteiger charge is -2.27. The SMILES string of the molecule is CCCNC(CCN(C)C(C)CCC)c1ccccc1. The quantitative estimate of drug-likeness (QED) is 0.687. The molecule has 0 radical (unpaired) electrons. The van der Waals surface area contributed by atoms with Crippen molar-refractivity contribution in [3.63, 3.8) is 0 Å². The molecule has 20 heavy (non-hydrogen) atoms. The van der Waals surface area contributed by atoms with Crippen molar-refractivity contribution in [3.8, 4) is 0 Å². The van der Waals surface area contributed by atoms with E-state index in [1.807, 2.05) is 0 Å². The van der Waals surface area contributed by atoms with Crippen LogP contribution in [0.3, 0.4) is 0 Å². The normalized spacial score (nSPS) is 14.4. The molecule has 0 saturated carbocycles. The Labute approximate surface area is 125 Å². The molecule has 0 spiro atoms. The van der Waals surface area contributed by atoms with Crippen LogP contribution in [0.1, 0.15) is 58.1 Å². The molecule has 2 nitrogen and oxygen atoms in total. The van der Waals surface area contributed by atoms with Crippen molar-refractivity contribution in [1.82, 2.24) is 10.2 Å². The molecule has 0 aliphatic rings. The molecule has 0 saturated heterocycles. The zero-order valence-corrected chi connectivity index (χ0v) is 13.7. The summed E-state index contributed by atoms with van der Waals surface area (Å²) < 4.78 is 0. The maximum Gasteiger partial charge on any atom is 0.0332 e. The summed E-state index contributed by atoms with van der Waals surface area (Å²) in [6.45, 7) is 9.07. The van der Waals surface area contributed by atoms with Gasteiger partial charge in [-0.3, -0.25) is 0 Å². The van der Waals surface area contributed by atoms with E-state index in [9.17, 15) is 0 Å². The van der Waals surface area contributed by atoms with Crippen molar-refractivity contribution in [1.29, 1.82) is 0 Å². The first-order valence-electron chi connectivity index (χ1n) is 8.17. The fourth-order valence-electron chi connectivity index (χ4n) is 2.58. The molecule has 2 heteroatoms. The number of nitrogens with one attached hydrogen (secondary N) is 1. The number of hydrogen-bond acceptors (Lipinski definition) is 2. The van der Waals surface area contributed by atoms with E-state index in [0.29, 0.717) is 12.1 Å². The van der Waals surface area contributed by atoms with Crippen LogP contribution in [0.4, 0.5) is 0 Å². The van der Waals surface area contributed by atoms with Crippen LogP contribution in [0.2, 0.25) is 0 Å². The molecule has 2 atom stereocenters. The lowest BCUT2D eigenvalue weighted by molar-refractivity contribution is 0.231. The van der Waals surface area contributed by atoms with Crippen LogP contribution >= 0.6 is 0 Å². The van der Waals surface area contributed by atoms with Crippen LogP contribution in [-0.2, 0) is 0 Å². The third-order valence-corrected chi connectivity index (χ3v) is 4.07. The lowest BCUT2D eigenvalue weighted by atomic mass is 10.0. The van der Waals surface area contributed by atoms with E-state index < -0.39 is 0 Å². The van der Waals surface area contributed by atoms with Crippen LogP contribution in [0.25, 0.3) is 0 Å². The second-order valence-electron chi connectivity index (χ2n) is 5.82. The lowest BCUT2D eigenvalue weighted by Crippen LogP contribution is -2.33. The highest BCUT2D eigenvalue weighted by Crippen LogP contribution is 2.17. The van der Waals surface area contributed by atoms with Gasteiger partial charge >= 0.3 is 0 Å². The van der Waals surface area contributed by atoms with Crippen LogP contribution < -0.4 is 5.32 Å². The predicted molar refractivity (Wildman–Crippen MR) is 89.1 cm³/mol. The highest BCUT2D eigenvalue weighted by Gasteiger charge is 2.13. The Morgan fingerprint density at radius 3 is 2.35 bits per heavy atom. The molecule has 1 aromatic rings. The molecule has 1 rings (SSSR count). The third kappa shape index (κ3) is 6.06. The van der Waals surface area contributed by atoms with Crippen molar-refractivity contribution in [3.05, 3.63) is 35.9 Å². The largest absolute Gasteiger partial charge is 0.310 e. The Morgan fingerprint density at radius 2 is 1.75 bits per heavy atom. The topological polar surface area (TPSA) is 15.3 Å². The molecule has 114 valence electrons. The van der Waals surface area contributed by atoms with E-state index in [1.165, 1.54) is 31.2 Å². The van der Waals surface area contributed by atoms with Crippen molar-refractivity contribution >= 4 is 0 Å². The van der Waals surface area contributed by atoms with E-state index >= 15 is 0 Å². The molecule has 0 fully saturated rings. The van der Waals surface area contributed by atoms with Gasteiger partial charge in [-0.15, -0.1) is 0 Å². The van der Waals surface area contributed by atoms with Crippen LogP contribution in [0.5, 0.6) is 0 Å². The average molecular weight is 276 g/mol. The molecule has 0 aliphatic carbocycles. The predicted octanol–water partition coefficient (Wildman–Crippen LogP) is 4.24. The van der Waals surface area contributed by atoms with E-state index in [0.717, 1.165) is 13.1 Å². The van der Waals surface area contributed by atoms with Gasteiger partial charge in [-0.1, -0.05) is 50.6 Å². The highest BCUT2D eigenvalue weighted by molar-refractivity contribution is 5.18. The van der Waals surface area contributed by atoms with Gasteiger partial charge in [-0.05, 0) is 51.9 Å². The Bertz CT molecular complexity index is 337. The van der Waals surface area contributed by atoms with Gasteiger partial charge < -0.3 is 10.2 Å². The summed E-state index contributed by atoms with van der Waals surface area (Å²) in [6.07, 6.45) is 4.91. The standard InChI is InChI=1S/C18H32N2/c1-5-10-16(3)20(4)15-13-18(19-14-6-2)17-11-8-7-9-12-17/h7-9,11-12,16,18-19H,5-6,10,13-15H2,1-4H3. The van der Waals surface area contributed by atoms with Gasteiger partial charge in [0.15, 0.2) is 0 Å². The molecule has 2 unspecified atom stereocenters. The summed E-state index contributed by atoms with van der Waals surface area (Å²) in [5.41, 5.74) is 1.41. The monoisotopic (exact) mass is 276 g/mol. The smallest absolute Gasteiger partial charge is 0.0332 e. The number of hydrogen-bond donors (Lipinski definition) is 1. The molecule has 0 aliphatic heterocycles. The van der Waals surface area contributed by atoms with E-state index in [2.05, 4.69) is 68.4 Å². The first-order valence-corrected chi connectivity index (χ1v) is 8.17. The second kappa shape index (κ2) is 9.95. The Morgan fingerprint density at radius 1 is 1.05 bits per heavy atom. The summed E-state index contributed by atoms with van der Waals surface area (Å²) >= 11 is 0. The molecular formula is C18H32N2. The van der Waals surface area contributed by atoms with Crippen molar-refractivity contribution in [2.24, 2.45) is 0 Å². The summed E-state index contributed by atoms with van der Waals surface area (Å²) in [4.78, 5) is 2.49. The zero-order chi connectivity index (χ0) is 14.8. The summed E-state index contributed by atoms with van der Waals surface area (Å²) in [5, 5.41) is 3.69. The highest BCUT2D eigenvalue weighted by atomic mass is 15.1. The number of nitrogens with zero attached hydrogens (tertiary/aromatic N) is 1. The summed E-state index contributed by atoms with van der Waals surface area (Å²) in [6, 6.07) is 12.0. The van der Waals surface area contributed by atoms with E-state index in [4.69, 9.17) is 0 Å². The minimum atomic E-state index is 0.479. The maximum absolute atomic E-state index is 3.69. The fourth-order valence-corrected chi connectivity index (χ4v) is 2.58. The van der Waals surface area contributed by atoms with Crippen LogP contribution in [-0.4, -0.2) is 31.1 Å². The van der Waals surface area contributed by atoms with Gasteiger partial charge in [0.05, 0.1) is 0 Å². The minimum absolute atomic E-state index is 0.479. The van der Waals surface area contributed by atoms with Gasteiger partial charge in [0.1, 0.15) is 0 Å². The van der Waals surface area contributed by atoms with Crippen LogP contribution in [0, 0.1) is 0 Å². The minimum Gasteiger partial charge on any atom is -0.310 e. The first kappa shape index (κ1) is 17.2. The molecule has 1 N–H and O–H groups in total. The van der Waals surface area contributed by atoms with Gasteiger partial charge in [-0.25, -0.2) is 0 Å². The summed E-state index contributed by atoms with van der Waals surface area (Å²) in [7, 11) is 2.25. The maximum atomic E-state index is 3.69. The van der Waals surface area contributed by atoms with Crippen molar-refractivity contribution < 1.29 is 0 Å². The van der Waals surface area contributed by atoms with Gasteiger partial charge in [-0.2, -0.15) is 0 Å². The Balaban J connectivity index is 2.53. The molecule has 0 bridgehead atoms. The second-order valence-corrected chi connectivity index (χ2v) is 5.82. The van der Waals surface area contributed by atoms with Crippen molar-refractivity contribution in [2.45, 2.75) is 58.5 Å². The van der Waals surface area contributed by atoms with Crippen molar-refractivity contribution in [2.75, 3.05) is 20.1 Å². The number of benzene rings is 1. The zero-order valence-electron chi connectivity index (χ0n) is 13.7. The first-order chi connectivity index (χ1) is 9.69.